The van der Waals surface area contributed by atoms with Crippen molar-refractivity contribution in [1.29, 1.82) is 0 Å². The zero-order valence-corrected chi connectivity index (χ0v) is 17.5. The van der Waals surface area contributed by atoms with Gasteiger partial charge >= 0.3 is 5.69 Å². The zero-order chi connectivity index (χ0) is 19.9. The van der Waals surface area contributed by atoms with Gasteiger partial charge in [-0.15, -0.1) is 0 Å². The van der Waals surface area contributed by atoms with Crippen molar-refractivity contribution in [3.63, 3.8) is 0 Å². The van der Waals surface area contributed by atoms with Crippen molar-refractivity contribution < 1.29 is 8.42 Å². The van der Waals surface area contributed by atoms with Crippen molar-refractivity contribution in [2.24, 2.45) is 5.92 Å². The number of likely N-dealkylation sites (N-methyl/N-ethyl adjacent to an activating group) is 1. The van der Waals surface area contributed by atoms with Crippen molar-refractivity contribution in [1.82, 2.24) is 18.8 Å². The quantitative estimate of drug-likeness (QED) is 0.791. The van der Waals surface area contributed by atoms with Gasteiger partial charge in [0.2, 0.25) is 10.0 Å². The maximum absolute atomic E-state index is 12.3. The largest absolute Gasteiger partial charge is 0.326 e. The van der Waals surface area contributed by atoms with Gasteiger partial charge in [0.15, 0.2) is 0 Å². The van der Waals surface area contributed by atoms with Crippen molar-refractivity contribution in [2.75, 3.05) is 32.9 Å². The number of para-hydroxylation sites is 1. The standard InChI is InChI=1S/C20H30N4O3S/c1-22(10-4-5-15-8-11-23(12-9-15)28(2,26)27)17-13-16-6-3-7-18-19(16)24(14-17)20(25)21-18/h3,6-7,15,17H,4-5,8-14H2,1-2H3,(H,21,25)/t17-/m1/s1. The maximum Gasteiger partial charge on any atom is 0.326 e. The highest BCUT2D eigenvalue weighted by Gasteiger charge is 2.27. The van der Waals surface area contributed by atoms with Gasteiger partial charge in [-0.2, -0.15) is 0 Å². The molecule has 0 spiro atoms. The van der Waals surface area contributed by atoms with Crippen molar-refractivity contribution >= 4 is 21.1 Å². The lowest BCUT2D eigenvalue weighted by Gasteiger charge is -2.33. The summed E-state index contributed by atoms with van der Waals surface area (Å²) in [7, 11) is -0.890. The van der Waals surface area contributed by atoms with E-state index in [2.05, 4.69) is 23.0 Å². The number of piperidine rings is 1. The fourth-order valence-corrected chi connectivity index (χ4v) is 5.67. The third-order valence-corrected chi connectivity index (χ3v) is 7.82. The molecule has 28 heavy (non-hydrogen) atoms. The third kappa shape index (κ3) is 3.90. The number of H-pyrrole nitrogens is 1. The number of nitrogens with one attached hydrogen (secondary N) is 1. The molecule has 0 unspecified atom stereocenters. The number of hydrogen-bond acceptors (Lipinski definition) is 4. The first kappa shape index (κ1) is 19.7. The van der Waals surface area contributed by atoms with Gasteiger partial charge in [0.1, 0.15) is 0 Å². The molecule has 4 rings (SSSR count). The smallest absolute Gasteiger partial charge is 0.306 e. The summed E-state index contributed by atoms with van der Waals surface area (Å²) in [6.07, 6.45) is 6.44. The second kappa shape index (κ2) is 7.65. The molecule has 2 aromatic rings. The van der Waals surface area contributed by atoms with E-state index in [0.717, 1.165) is 56.2 Å². The highest BCUT2D eigenvalue weighted by molar-refractivity contribution is 7.88. The summed E-state index contributed by atoms with van der Waals surface area (Å²) in [5, 5.41) is 0. The summed E-state index contributed by atoms with van der Waals surface area (Å²) in [6, 6.07) is 6.44. The second-order valence-corrected chi connectivity index (χ2v) is 10.4. The van der Waals surface area contributed by atoms with Gasteiger partial charge in [-0.05, 0) is 63.2 Å². The minimum Gasteiger partial charge on any atom is -0.306 e. The molecule has 3 heterocycles. The predicted octanol–water partition coefficient (Wildman–Crippen LogP) is 1.64. The Hall–Kier alpha value is -1.64. The molecule has 0 radical (unpaired) electrons. The van der Waals surface area contributed by atoms with Crippen molar-refractivity contribution in [2.45, 2.75) is 44.7 Å². The Morgan fingerprint density at radius 2 is 2.00 bits per heavy atom. The molecule has 1 aromatic heterocycles. The molecule has 0 bridgehead atoms. The normalized spacial score (nSPS) is 21.6. The average Bonchev–Trinajstić information content (AvgIpc) is 2.98. The van der Waals surface area contributed by atoms with Crippen LogP contribution in [0.3, 0.4) is 0 Å². The predicted molar refractivity (Wildman–Crippen MR) is 111 cm³/mol. The van der Waals surface area contributed by atoms with Crippen molar-refractivity contribution in [3.8, 4) is 0 Å². The van der Waals surface area contributed by atoms with Crippen LogP contribution in [-0.2, 0) is 23.0 Å². The number of aromatic amines is 1. The van der Waals surface area contributed by atoms with Gasteiger partial charge in [-0.25, -0.2) is 17.5 Å². The lowest BCUT2D eigenvalue weighted by molar-refractivity contribution is 0.196. The lowest BCUT2D eigenvalue weighted by Crippen LogP contribution is -2.42. The van der Waals surface area contributed by atoms with Crippen LogP contribution in [0.4, 0.5) is 0 Å². The summed E-state index contributed by atoms with van der Waals surface area (Å²) in [5.74, 6) is 0.616. The molecule has 1 fully saturated rings. The Bertz CT molecular complexity index is 1000. The van der Waals surface area contributed by atoms with Crippen LogP contribution < -0.4 is 5.69 Å². The summed E-state index contributed by atoms with van der Waals surface area (Å²) in [4.78, 5) is 17.6. The van der Waals surface area contributed by atoms with Gasteiger partial charge in [0.05, 0.1) is 17.3 Å². The Balaban J connectivity index is 1.29. The summed E-state index contributed by atoms with van der Waals surface area (Å²) in [6.45, 7) is 3.05. The minimum absolute atomic E-state index is 0.0156. The summed E-state index contributed by atoms with van der Waals surface area (Å²) < 4.78 is 26.7. The fourth-order valence-electron chi connectivity index (χ4n) is 4.80. The molecule has 154 valence electrons. The van der Waals surface area contributed by atoms with E-state index in [1.165, 1.54) is 11.8 Å². The first-order valence-corrected chi connectivity index (χ1v) is 12.0. The monoisotopic (exact) mass is 406 g/mol. The molecule has 2 aliphatic rings. The SMILES string of the molecule is CN(CCCC1CCN(S(C)(=O)=O)CC1)[C@@H]1Cc2cccc3[nH]c(=O)n(c23)C1. The average molecular weight is 407 g/mol. The van der Waals surface area contributed by atoms with Crippen LogP contribution in [0.2, 0.25) is 0 Å². The number of imidazole rings is 1. The first-order valence-electron chi connectivity index (χ1n) is 10.2. The molecule has 1 N–H and O–H groups in total. The van der Waals surface area contributed by atoms with Gasteiger partial charge in [-0.1, -0.05) is 12.1 Å². The van der Waals surface area contributed by atoms with Crippen LogP contribution in [0.5, 0.6) is 0 Å². The lowest BCUT2D eigenvalue weighted by atomic mass is 9.93. The van der Waals surface area contributed by atoms with E-state index in [4.69, 9.17) is 0 Å². The topological polar surface area (TPSA) is 78.4 Å². The van der Waals surface area contributed by atoms with Crippen LogP contribution in [-0.4, -0.2) is 66.2 Å². The summed E-state index contributed by atoms with van der Waals surface area (Å²) in [5.41, 5.74) is 3.23. The highest BCUT2D eigenvalue weighted by atomic mass is 32.2. The first-order chi connectivity index (χ1) is 13.3. The third-order valence-electron chi connectivity index (χ3n) is 6.51. The minimum atomic E-state index is -3.04. The fraction of sp³-hybridized carbons (Fsp3) is 0.650. The second-order valence-electron chi connectivity index (χ2n) is 8.44. The van der Waals surface area contributed by atoms with Gasteiger partial charge < -0.3 is 9.88 Å². The Morgan fingerprint density at radius 1 is 1.25 bits per heavy atom. The van der Waals surface area contributed by atoms with E-state index in [9.17, 15) is 13.2 Å². The van der Waals surface area contributed by atoms with Crippen molar-refractivity contribution in [3.05, 3.63) is 34.2 Å². The van der Waals surface area contributed by atoms with Crippen LogP contribution in [0.25, 0.3) is 11.0 Å². The van der Waals surface area contributed by atoms with E-state index in [1.54, 1.807) is 4.31 Å². The molecular weight excluding hydrogens is 376 g/mol. The zero-order valence-electron chi connectivity index (χ0n) is 16.7. The Morgan fingerprint density at radius 3 is 2.71 bits per heavy atom. The number of benzene rings is 1. The van der Waals surface area contributed by atoms with E-state index in [-0.39, 0.29) is 5.69 Å². The molecule has 0 aliphatic carbocycles. The Kier molecular flexibility index (Phi) is 5.37. The molecular formula is C20H30N4O3S. The van der Waals surface area contributed by atoms with E-state index in [1.807, 2.05) is 16.7 Å². The van der Waals surface area contributed by atoms with Gasteiger partial charge in [0.25, 0.3) is 0 Å². The maximum atomic E-state index is 12.3. The highest BCUT2D eigenvalue weighted by Crippen LogP contribution is 2.26. The molecule has 8 heteroatoms. The van der Waals surface area contributed by atoms with Crippen LogP contribution in [0.1, 0.15) is 31.2 Å². The number of rotatable bonds is 6. The number of sulfonamides is 1. The molecule has 1 saturated heterocycles. The molecule has 0 amide bonds. The molecule has 7 nitrogen and oxygen atoms in total. The molecule has 1 aromatic carbocycles. The number of aromatic nitrogens is 2. The van der Waals surface area contributed by atoms with Gasteiger partial charge in [0, 0.05) is 25.7 Å². The van der Waals surface area contributed by atoms with Crippen LogP contribution in [0.15, 0.2) is 23.0 Å². The van der Waals surface area contributed by atoms with Crippen LogP contribution >= 0.6 is 0 Å². The number of hydrogen-bond donors (Lipinski definition) is 1. The van der Waals surface area contributed by atoms with E-state index < -0.39 is 10.0 Å². The summed E-state index contributed by atoms with van der Waals surface area (Å²) >= 11 is 0. The number of nitrogens with zero attached hydrogens (tertiary/aromatic N) is 3. The van der Waals surface area contributed by atoms with E-state index >= 15 is 0 Å². The van der Waals surface area contributed by atoms with Gasteiger partial charge in [-0.3, -0.25) is 4.57 Å². The Labute approximate surface area is 166 Å². The molecule has 0 saturated carbocycles. The molecule has 1 atom stereocenters. The van der Waals surface area contributed by atoms with Crippen LogP contribution in [0, 0.1) is 5.92 Å². The van der Waals surface area contributed by atoms with E-state index in [0.29, 0.717) is 25.0 Å². The molecule has 2 aliphatic heterocycles.